The minimum atomic E-state index is -0.455. The number of hydrogen-bond donors (Lipinski definition) is 1. The highest BCUT2D eigenvalue weighted by atomic mass is 35.5. The predicted molar refractivity (Wildman–Crippen MR) is 82.8 cm³/mol. The molecule has 20 heavy (non-hydrogen) atoms. The van der Waals surface area contributed by atoms with E-state index in [1.807, 2.05) is 12.1 Å². The quantitative estimate of drug-likeness (QED) is 0.488. The second-order valence-corrected chi connectivity index (χ2v) is 6.37. The van der Waals surface area contributed by atoms with Gasteiger partial charge in [-0.1, -0.05) is 23.2 Å². The minimum absolute atomic E-state index is 0.00646. The third-order valence-electron chi connectivity index (χ3n) is 2.74. The van der Waals surface area contributed by atoms with Gasteiger partial charge in [0.1, 0.15) is 0 Å². The van der Waals surface area contributed by atoms with Crippen LogP contribution in [0.15, 0.2) is 30.3 Å². The number of nitro benzene ring substituents is 1. The summed E-state index contributed by atoms with van der Waals surface area (Å²) in [6, 6.07) is 8.40. The van der Waals surface area contributed by atoms with E-state index in [9.17, 15) is 10.1 Å². The first-order chi connectivity index (χ1) is 9.56. The van der Waals surface area contributed by atoms with Crippen molar-refractivity contribution < 1.29 is 4.92 Å². The van der Waals surface area contributed by atoms with Gasteiger partial charge in [-0.05, 0) is 30.2 Å². The summed E-state index contributed by atoms with van der Waals surface area (Å²) in [6.45, 7) is 1.38. The average molecular weight is 331 g/mol. The molecule has 0 aliphatic heterocycles. The lowest BCUT2D eigenvalue weighted by atomic mass is 10.2. The molecular weight excluding hydrogens is 319 g/mol. The molecule has 0 atom stereocenters. The van der Waals surface area contributed by atoms with E-state index in [1.54, 1.807) is 17.4 Å². The number of rotatable bonds is 6. The van der Waals surface area contributed by atoms with Crippen molar-refractivity contribution in [2.24, 2.45) is 0 Å². The Hall–Kier alpha value is -1.14. The van der Waals surface area contributed by atoms with E-state index in [1.165, 1.54) is 17.0 Å². The van der Waals surface area contributed by atoms with Gasteiger partial charge in [-0.25, -0.2) is 0 Å². The van der Waals surface area contributed by atoms with Gasteiger partial charge in [0.25, 0.3) is 5.69 Å². The molecule has 1 aromatic carbocycles. The van der Waals surface area contributed by atoms with E-state index in [0.29, 0.717) is 11.6 Å². The van der Waals surface area contributed by atoms with Crippen LogP contribution in [0.2, 0.25) is 9.36 Å². The highest BCUT2D eigenvalue weighted by Crippen LogP contribution is 2.23. The molecule has 0 saturated heterocycles. The second kappa shape index (κ2) is 7.04. The van der Waals surface area contributed by atoms with Crippen LogP contribution >= 0.6 is 34.5 Å². The summed E-state index contributed by atoms with van der Waals surface area (Å²) >= 11 is 13.4. The molecular formula is C13H12Cl2N2O2S. The topological polar surface area (TPSA) is 55.2 Å². The lowest BCUT2D eigenvalue weighted by Crippen LogP contribution is -2.16. The first kappa shape index (κ1) is 15.3. The van der Waals surface area contributed by atoms with E-state index < -0.39 is 4.92 Å². The van der Waals surface area contributed by atoms with Crippen molar-refractivity contribution in [2.75, 3.05) is 6.54 Å². The lowest BCUT2D eigenvalue weighted by Gasteiger charge is -2.06. The normalized spacial score (nSPS) is 10.7. The summed E-state index contributed by atoms with van der Waals surface area (Å²) in [5.41, 5.74) is 0.855. The fourth-order valence-corrected chi connectivity index (χ4v) is 3.04. The van der Waals surface area contributed by atoms with Crippen molar-refractivity contribution in [2.45, 2.75) is 13.0 Å². The molecule has 0 fully saturated rings. The summed E-state index contributed by atoms with van der Waals surface area (Å²) in [5.74, 6) is 0. The fraction of sp³-hybridized carbons (Fsp3) is 0.231. The van der Waals surface area contributed by atoms with Gasteiger partial charge in [0.05, 0.1) is 14.3 Å². The van der Waals surface area contributed by atoms with Gasteiger partial charge in [0, 0.05) is 30.1 Å². The Labute approximate surface area is 130 Å². The summed E-state index contributed by atoms with van der Waals surface area (Å²) in [4.78, 5) is 11.4. The third kappa shape index (κ3) is 4.18. The maximum atomic E-state index is 10.6. The third-order valence-corrected chi connectivity index (χ3v) is 4.38. The summed E-state index contributed by atoms with van der Waals surface area (Å²) < 4.78 is 0.790. The Morgan fingerprint density at radius 2 is 2.05 bits per heavy atom. The first-order valence-corrected chi connectivity index (χ1v) is 7.51. The zero-order valence-corrected chi connectivity index (χ0v) is 12.8. The molecule has 0 unspecified atom stereocenters. The summed E-state index contributed by atoms with van der Waals surface area (Å²) in [7, 11) is 0. The highest BCUT2D eigenvalue weighted by Gasteiger charge is 2.09. The molecule has 0 spiro atoms. The Morgan fingerprint density at radius 3 is 2.65 bits per heavy atom. The molecule has 1 N–H and O–H groups in total. The smallest absolute Gasteiger partial charge is 0.270 e. The van der Waals surface area contributed by atoms with Crippen molar-refractivity contribution >= 4 is 40.2 Å². The summed E-state index contributed by atoms with van der Waals surface area (Å²) in [5, 5.41) is 14.3. The number of nitrogens with zero attached hydrogens (tertiary/aromatic N) is 1. The molecule has 0 saturated carbocycles. The number of nitro groups is 1. The highest BCUT2D eigenvalue weighted by molar-refractivity contribution is 7.16. The van der Waals surface area contributed by atoms with Crippen LogP contribution in [0.1, 0.15) is 10.4 Å². The van der Waals surface area contributed by atoms with Gasteiger partial charge in [-0.15, -0.1) is 11.3 Å². The standard InChI is InChI=1S/C13H12Cl2N2O2S/c14-12-7-10(17(18)19)2-1-9(12)8-16-6-5-11-3-4-13(15)20-11/h1-4,7,16H,5-6,8H2. The fourth-order valence-electron chi connectivity index (χ4n) is 1.71. The molecule has 2 rings (SSSR count). The Kier molecular flexibility index (Phi) is 5.37. The van der Waals surface area contributed by atoms with Crippen molar-refractivity contribution in [3.05, 3.63) is 60.2 Å². The first-order valence-electron chi connectivity index (χ1n) is 5.94. The maximum Gasteiger partial charge on any atom is 0.270 e. The zero-order valence-electron chi connectivity index (χ0n) is 10.4. The number of benzene rings is 1. The van der Waals surface area contributed by atoms with E-state index in [4.69, 9.17) is 23.2 Å². The van der Waals surface area contributed by atoms with Gasteiger partial charge in [-0.2, -0.15) is 0 Å². The number of non-ortho nitro benzene ring substituents is 1. The molecule has 2 aromatic rings. The van der Waals surface area contributed by atoms with Crippen LogP contribution in [0.3, 0.4) is 0 Å². The molecule has 4 nitrogen and oxygen atoms in total. The molecule has 0 radical (unpaired) electrons. The van der Waals surface area contributed by atoms with Crippen LogP contribution in [0, 0.1) is 10.1 Å². The molecule has 1 aromatic heterocycles. The van der Waals surface area contributed by atoms with Crippen molar-refractivity contribution in [1.29, 1.82) is 0 Å². The van der Waals surface area contributed by atoms with Crippen LogP contribution in [-0.2, 0) is 13.0 Å². The Balaban J connectivity index is 1.83. The van der Waals surface area contributed by atoms with E-state index in [-0.39, 0.29) is 5.69 Å². The van der Waals surface area contributed by atoms with Crippen molar-refractivity contribution in [3.8, 4) is 0 Å². The number of halogens is 2. The maximum absolute atomic E-state index is 10.6. The second-order valence-electron chi connectivity index (χ2n) is 4.17. The number of thiophene rings is 1. The van der Waals surface area contributed by atoms with Gasteiger partial charge < -0.3 is 5.32 Å². The zero-order chi connectivity index (χ0) is 14.5. The van der Waals surface area contributed by atoms with Gasteiger partial charge >= 0.3 is 0 Å². The monoisotopic (exact) mass is 330 g/mol. The van der Waals surface area contributed by atoms with Crippen molar-refractivity contribution in [3.63, 3.8) is 0 Å². The predicted octanol–water partition coefficient (Wildman–Crippen LogP) is 4.30. The molecule has 0 aliphatic rings. The largest absolute Gasteiger partial charge is 0.312 e. The van der Waals surface area contributed by atoms with Crippen LogP contribution in [-0.4, -0.2) is 11.5 Å². The molecule has 1 heterocycles. The van der Waals surface area contributed by atoms with E-state index in [0.717, 1.165) is 22.9 Å². The van der Waals surface area contributed by atoms with Crippen LogP contribution in [0.4, 0.5) is 5.69 Å². The van der Waals surface area contributed by atoms with Gasteiger partial charge in [0.15, 0.2) is 0 Å². The van der Waals surface area contributed by atoms with Crippen LogP contribution in [0.5, 0.6) is 0 Å². The Bertz CT molecular complexity index is 616. The number of nitrogens with one attached hydrogen (secondary N) is 1. The average Bonchev–Trinajstić information content (AvgIpc) is 2.81. The molecule has 0 amide bonds. The van der Waals surface area contributed by atoms with Crippen LogP contribution < -0.4 is 5.32 Å². The van der Waals surface area contributed by atoms with E-state index in [2.05, 4.69) is 5.32 Å². The Morgan fingerprint density at radius 1 is 1.25 bits per heavy atom. The molecule has 7 heteroatoms. The molecule has 0 aliphatic carbocycles. The lowest BCUT2D eigenvalue weighted by molar-refractivity contribution is -0.384. The number of hydrogen-bond acceptors (Lipinski definition) is 4. The van der Waals surface area contributed by atoms with Gasteiger partial charge in [-0.3, -0.25) is 10.1 Å². The van der Waals surface area contributed by atoms with Crippen LogP contribution in [0.25, 0.3) is 0 Å². The summed E-state index contributed by atoms with van der Waals surface area (Å²) in [6.07, 6.45) is 0.891. The molecule has 0 bridgehead atoms. The van der Waals surface area contributed by atoms with Gasteiger partial charge in [0.2, 0.25) is 0 Å². The minimum Gasteiger partial charge on any atom is -0.312 e. The molecule has 106 valence electrons. The SMILES string of the molecule is O=[N+]([O-])c1ccc(CNCCc2ccc(Cl)s2)c(Cl)c1. The van der Waals surface area contributed by atoms with E-state index >= 15 is 0 Å². The van der Waals surface area contributed by atoms with Crippen molar-refractivity contribution in [1.82, 2.24) is 5.32 Å².